The molecule has 0 radical (unpaired) electrons. The fourth-order valence-corrected chi connectivity index (χ4v) is 3.21. The highest BCUT2D eigenvalue weighted by Gasteiger charge is 2.21. The van der Waals surface area contributed by atoms with Crippen LogP contribution < -0.4 is 10.2 Å². The quantitative estimate of drug-likeness (QED) is 0.905. The summed E-state index contributed by atoms with van der Waals surface area (Å²) in [6, 6.07) is 14.3. The highest BCUT2D eigenvalue weighted by Crippen LogP contribution is 2.20. The summed E-state index contributed by atoms with van der Waals surface area (Å²) >= 11 is 6.12. The van der Waals surface area contributed by atoms with E-state index in [1.807, 2.05) is 30.0 Å². The number of benzene rings is 2. The molecule has 5 heteroatoms. The summed E-state index contributed by atoms with van der Waals surface area (Å²) in [6.45, 7) is 7.60. The number of nitrogens with one attached hydrogen (secondary N) is 1. The lowest BCUT2D eigenvalue weighted by Gasteiger charge is -2.36. The molecule has 1 aliphatic rings. The smallest absolute Gasteiger partial charge is 0.241 e. The van der Waals surface area contributed by atoms with E-state index in [0.717, 1.165) is 37.4 Å². The highest BCUT2D eigenvalue weighted by atomic mass is 35.5. The lowest BCUT2D eigenvalue weighted by molar-refractivity contribution is -0.129. The molecule has 132 valence electrons. The Labute approximate surface area is 154 Å². The van der Waals surface area contributed by atoms with Crippen LogP contribution in [0.5, 0.6) is 0 Å². The van der Waals surface area contributed by atoms with Crippen LogP contribution in [0.25, 0.3) is 0 Å². The maximum atomic E-state index is 12.4. The molecule has 0 unspecified atom stereocenters. The molecule has 0 bridgehead atoms. The van der Waals surface area contributed by atoms with Crippen molar-refractivity contribution in [3.05, 3.63) is 58.6 Å². The number of carbonyl (C=O) groups excluding carboxylic acids is 1. The Kier molecular flexibility index (Phi) is 5.49. The number of hydrogen-bond donors (Lipinski definition) is 1. The Balaban J connectivity index is 1.50. The molecule has 0 saturated carbocycles. The lowest BCUT2D eigenvalue weighted by Crippen LogP contribution is -2.50. The fraction of sp³-hybridized carbons (Fsp3) is 0.350. The van der Waals surface area contributed by atoms with E-state index in [4.69, 9.17) is 11.6 Å². The molecule has 25 heavy (non-hydrogen) atoms. The van der Waals surface area contributed by atoms with Gasteiger partial charge in [0.25, 0.3) is 0 Å². The third kappa shape index (κ3) is 4.45. The van der Waals surface area contributed by atoms with Gasteiger partial charge in [-0.3, -0.25) is 4.79 Å². The van der Waals surface area contributed by atoms with Crippen molar-refractivity contribution < 1.29 is 4.79 Å². The number of hydrogen-bond acceptors (Lipinski definition) is 3. The third-order valence-corrected chi connectivity index (χ3v) is 5.02. The SMILES string of the molecule is Cc1cccc(N2CCN(C(=O)CNc3ccc(C)c(Cl)c3)CC2)c1. The van der Waals surface area contributed by atoms with Crippen molar-refractivity contribution >= 4 is 28.9 Å². The molecular weight excluding hydrogens is 334 g/mol. The van der Waals surface area contributed by atoms with Gasteiger partial charge in [0.05, 0.1) is 6.54 Å². The number of carbonyl (C=O) groups is 1. The predicted octanol–water partition coefficient (Wildman–Crippen LogP) is 3.72. The summed E-state index contributed by atoms with van der Waals surface area (Å²) < 4.78 is 0. The minimum absolute atomic E-state index is 0.126. The van der Waals surface area contributed by atoms with Crippen molar-refractivity contribution in [3.8, 4) is 0 Å². The largest absolute Gasteiger partial charge is 0.376 e. The van der Waals surface area contributed by atoms with Crippen LogP contribution in [0.15, 0.2) is 42.5 Å². The summed E-state index contributed by atoms with van der Waals surface area (Å²) in [5.41, 5.74) is 4.41. The van der Waals surface area contributed by atoms with Crippen LogP contribution in [0, 0.1) is 13.8 Å². The maximum Gasteiger partial charge on any atom is 0.241 e. The van der Waals surface area contributed by atoms with E-state index >= 15 is 0 Å². The summed E-state index contributed by atoms with van der Waals surface area (Å²) in [4.78, 5) is 16.7. The molecule has 1 N–H and O–H groups in total. The Hall–Kier alpha value is -2.20. The monoisotopic (exact) mass is 357 g/mol. The molecule has 2 aromatic rings. The van der Waals surface area contributed by atoms with Gasteiger partial charge in [-0.05, 0) is 49.2 Å². The summed E-state index contributed by atoms with van der Waals surface area (Å²) in [6.07, 6.45) is 0. The molecule has 0 aliphatic carbocycles. The van der Waals surface area contributed by atoms with Crippen LogP contribution in [0.2, 0.25) is 5.02 Å². The zero-order chi connectivity index (χ0) is 17.8. The Bertz CT molecular complexity index is 754. The fourth-order valence-electron chi connectivity index (χ4n) is 3.03. The highest BCUT2D eigenvalue weighted by molar-refractivity contribution is 6.31. The first-order chi connectivity index (χ1) is 12.0. The number of aryl methyl sites for hydroxylation is 2. The number of halogens is 1. The second-order valence-corrected chi connectivity index (χ2v) is 6.93. The predicted molar refractivity (Wildman–Crippen MR) is 105 cm³/mol. The van der Waals surface area contributed by atoms with Crippen molar-refractivity contribution in [1.82, 2.24) is 4.90 Å². The van der Waals surface area contributed by atoms with Gasteiger partial charge in [0, 0.05) is 42.6 Å². The minimum atomic E-state index is 0.126. The molecule has 1 aliphatic heterocycles. The number of rotatable bonds is 4. The van der Waals surface area contributed by atoms with Crippen LogP contribution >= 0.6 is 11.6 Å². The first kappa shape index (κ1) is 17.6. The second-order valence-electron chi connectivity index (χ2n) is 6.52. The van der Waals surface area contributed by atoms with Crippen LogP contribution in [-0.4, -0.2) is 43.5 Å². The molecule has 1 heterocycles. The van der Waals surface area contributed by atoms with Crippen molar-refractivity contribution in [1.29, 1.82) is 0 Å². The Morgan fingerprint density at radius 1 is 1.08 bits per heavy atom. The Morgan fingerprint density at radius 3 is 2.52 bits per heavy atom. The molecule has 0 spiro atoms. The zero-order valence-electron chi connectivity index (χ0n) is 14.8. The summed E-state index contributed by atoms with van der Waals surface area (Å²) in [5.74, 6) is 0.126. The molecular formula is C20H24ClN3O. The van der Waals surface area contributed by atoms with Crippen LogP contribution in [0.3, 0.4) is 0 Å². The lowest BCUT2D eigenvalue weighted by atomic mass is 10.2. The second kappa shape index (κ2) is 7.79. The first-order valence-electron chi connectivity index (χ1n) is 8.62. The molecule has 1 saturated heterocycles. The first-order valence-corrected chi connectivity index (χ1v) is 9.00. The summed E-state index contributed by atoms with van der Waals surface area (Å²) in [7, 11) is 0. The molecule has 1 fully saturated rings. The maximum absolute atomic E-state index is 12.4. The molecule has 4 nitrogen and oxygen atoms in total. The molecule has 3 rings (SSSR count). The van der Waals surface area contributed by atoms with Gasteiger partial charge in [0.15, 0.2) is 0 Å². The van der Waals surface area contributed by atoms with E-state index < -0.39 is 0 Å². The molecule has 2 aromatic carbocycles. The zero-order valence-corrected chi connectivity index (χ0v) is 15.5. The van der Waals surface area contributed by atoms with Crippen molar-refractivity contribution in [3.63, 3.8) is 0 Å². The normalized spacial score (nSPS) is 14.5. The van der Waals surface area contributed by atoms with Gasteiger partial charge in [-0.2, -0.15) is 0 Å². The number of nitrogens with zero attached hydrogens (tertiary/aromatic N) is 2. The molecule has 1 amide bonds. The average molecular weight is 358 g/mol. The van der Waals surface area contributed by atoms with Gasteiger partial charge < -0.3 is 15.1 Å². The number of amides is 1. The van der Waals surface area contributed by atoms with Crippen molar-refractivity contribution in [2.45, 2.75) is 13.8 Å². The van der Waals surface area contributed by atoms with Crippen molar-refractivity contribution in [2.24, 2.45) is 0 Å². The van der Waals surface area contributed by atoms with Gasteiger partial charge in [0.2, 0.25) is 5.91 Å². The van der Waals surface area contributed by atoms with Crippen LogP contribution in [0.4, 0.5) is 11.4 Å². The third-order valence-electron chi connectivity index (χ3n) is 4.61. The van der Waals surface area contributed by atoms with E-state index in [-0.39, 0.29) is 5.91 Å². The van der Waals surface area contributed by atoms with E-state index in [9.17, 15) is 4.79 Å². The van der Waals surface area contributed by atoms with Gasteiger partial charge in [-0.15, -0.1) is 0 Å². The number of piperazine rings is 1. The topological polar surface area (TPSA) is 35.6 Å². The van der Waals surface area contributed by atoms with Gasteiger partial charge in [-0.25, -0.2) is 0 Å². The van der Waals surface area contributed by atoms with Crippen LogP contribution in [0.1, 0.15) is 11.1 Å². The van der Waals surface area contributed by atoms with E-state index in [2.05, 4.69) is 41.4 Å². The summed E-state index contributed by atoms with van der Waals surface area (Å²) in [5, 5.41) is 3.88. The van der Waals surface area contributed by atoms with E-state index in [1.165, 1.54) is 11.3 Å². The standard InChI is InChI=1S/C20H24ClN3O/c1-15-4-3-5-18(12-15)23-8-10-24(11-9-23)20(25)14-22-17-7-6-16(2)19(21)13-17/h3-7,12-13,22H,8-11,14H2,1-2H3. The van der Waals surface area contributed by atoms with Gasteiger partial charge in [0.1, 0.15) is 0 Å². The average Bonchev–Trinajstić information content (AvgIpc) is 2.62. The molecule has 0 aromatic heterocycles. The molecule has 0 atom stereocenters. The van der Waals surface area contributed by atoms with Crippen LogP contribution in [-0.2, 0) is 4.79 Å². The van der Waals surface area contributed by atoms with Gasteiger partial charge >= 0.3 is 0 Å². The van der Waals surface area contributed by atoms with Crippen molar-refractivity contribution in [2.75, 3.05) is 42.9 Å². The number of anilines is 2. The van der Waals surface area contributed by atoms with Gasteiger partial charge in [-0.1, -0.05) is 29.8 Å². The Morgan fingerprint density at radius 2 is 1.84 bits per heavy atom. The van der Waals surface area contributed by atoms with E-state index in [0.29, 0.717) is 11.6 Å². The van der Waals surface area contributed by atoms with E-state index in [1.54, 1.807) is 0 Å². The minimum Gasteiger partial charge on any atom is -0.376 e.